The van der Waals surface area contributed by atoms with Crippen LogP contribution in [-0.4, -0.2) is 37.1 Å². The van der Waals surface area contributed by atoms with Gasteiger partial charge < -0.3 is 10.2 Å². The lowest BCUT2D eigenvalue weighted by Gasteiger charge is -2.43. The Balaban J connectivity index is 2.66. The number of hydrogen-bond acceptors (Lipinski definition) is 2. The zero-order valence-electron chi connectivity index (χ0n) is 13.3. The van der Waals surface area contributed by atoms with Gasteiger partial charge in [-0.1, -0.05) is 27.2 Å². The van der Waals surface area contributed by atoms with Crippen LogP contribution in [0.2, 0.25) is 0 Å². The van der Waals surface area contributed by atoms with Gasteiger partial charge in [-0.2, -0.15) is 0 Å². The number of nitrogens with one attached hydrogen (secondary N) is 1. The molecule has 0 aromatic heterocycles. The van der Waals surface area contributed by atoms with Crippen LogP contribution in [0.5, 0.6) is 0 Å². The second-order valence-electron chi connectivity index (χ2n) is 6.95. The van der Waals surface area contributed by atoms with Crippen molar-refractivity contribution >= 4 is 0 Å². The van der Waals surface area contributed by atoms with Crippen LogP contribution < -0.4 is 5.32 Å². The first-order valence-electron chi connectivity index (χ1n) is 7.94. The van der Waals surface area contributed by atoms with E-state index in [1.54, 1.807) is 0 Å². The lowest BCUT2D eigenvalue weighted by atomic mass is 9.76. The molecule has 0 amide bonds. The highest BCUT2D eigenvalue weighted by molar-refractivity contribution is 4.89. The summed E-state index contributed by atoms with van der Waals surface area (Å²) in [5.74, 6) is 0.766. The van der Waals surface area contributed by atoms with Crippen molar-refractivity contribution in [1.82, 2.24) is 10.2 Å². The summed E-state index contributed by atoms with van der Waals surface area (Å²) in [4.78, 5) is 2.70. The van der Waals surface area contributed by atoms with Crippen molar-refractivity contribution in [3.05, 3.63) is 0 Å². The minimum Gasteiger partial charge on any atom is -0.316 e. The van der Waals surface area contributed by atoms with E-state index < -0.39 is 0 Å². The van der Waals surface area contributed by atoms with E-state index in [2.05, 4.69) is 44.8 Å². The van der Waals surface area contributed by atoms with Crippen LogP contribution in [-0.2, 0) is 0 Å². The van der Waals surface area contributed by atoms with Crippen molar-refractivity contribution in [2.75, 3.05) is 26.2 Å². The lowest BCUT2D eigenvalue weighted by molar-refractivity contribution is 0.0782. The zero-order valence-corrected chi connectivity index (χ0v) is 13.3. The maximum absolute atomic E-state index is 3.63. The second-order valence-corrected chi connectivity index (χ2v) is 6.95. The van der Waals surface area contributed by atoms with Crippen LogP contribution in [0.4, 0.5) is 0 Å². The van der Waals surface area contributed by atoms with Gasteiger partial charge in [-0.25, -0.2) is 0 Å². The molecule has 2 nitrogen and oxygen atoms in total. The molecule has 0 saturated carbocycles. The molecular formula is C16H34N2. The highest BCUT2D eigenvalue weighted by Crippen LogP contribution is 2.33. The summed E-state index contributed by atoms with van der Waals surface area (Å²) in [6.45, 7) is 16.7. The van der Waals surface area contributed by atoms with Crippen molar-refractivity contribution in [2.45, 2.75) is 66.3 Å². The quantitative estimate of drug-likeness (QED) is 0.748. The predicted octanol–water partition coefficient (Wildman–Crippen LogP) is 3.52. The molecule has 1 aliphatic heterocycles. The normalized spacial score (nSPS) is 25.3. The Morgan fingerprint density at radius 1 is 1.22 bits per heavy atom. The average molecular weight is 254 g/mol. The molecule has 108 valence electrons. The van der Waals surface area contributed by atoms with Gasteiger partial charge in [-0.3, -0.25) is 0 Å². The van der Waals surface area contributed by atoms with Gasteiger partial charge in [0.2, 0.25) is 0 Å². The van der Waals surface area contributed by atoms with Gasteiger partial charge in [0.15, 0.2) is 0 Å². The van der Waals surface area contributed by atoms with E-state index in [0.717, 1.165) is 5.92 Å². The molecule has 0 radical (unpaired) electrons. The van der Waals surface area contributed by atoms with Crippen LogP contribution in [0.15, 0.2) is 0 Å². The largest absolute Gasteiger partial charge is 0.316 e. The van der Waals surface area contributed by atoms with Crippen molar-refractivity contribution in [2.24, 2.45) is 11.3 Å². The summed E-state index contributed by atoms with van der Waals surface area (Å²) < 4.78 is 0. The summed E-state index contributed by atoms with van der Waals surface area (Å²) in [7, 11) is 0. The molecule has 1 fully saturated rings. The van der Waals surface area contributed by atoms with Crippen LogP contribution in [0.1, 0.15) is 60.3 Å². The van der Waals surface area contributed by atoms with E-state index in [1.807, 2.05) is 0 Å². The highest BCUT2D eigenvalue weighted by atomic mass is 15.2. The first-order chi connectivity index (χ1) is 8.49. The Morgan fingerprint density at radius 2 is 1.94 bits per heavy atom. The summed E-state index contributed by atoms with van der Waals surface area (Å²) in [5, 5.41) is 3.63. The topological polar surface area (TPSA) is 15.3 Å². The molecule has 0 spiro atoms. The molecule has 1 heterocycles. The molecule has 0 bridgehead atoms. The second kappa shape index (κ2) is 7.49. The molecule has 18 heavy (non-hydrogen) atoms. The number of piperidine rings is 1. The van der Waals surface area contributed by atoms with Crippen LogP contribution >= 0.6 is 0 Å². The van der Waals surface area contributed by atoms with Gasteiger partial charge in [0.05, 0.1) is 0 Å². The maximum Gasteiger partial charge on any atom is 0.00530 e. The van der Waals surface area contributed by atoms with Gasteiger partial charge in [0, 0.05) is 25.7 Å². The third-order valence-electron chi connectivity index (χ3n) is 4.21. The fraction of sp³-hybridized carbons (Fsp3) is 1.00. The van der Waals surface area contributed by atoms with E-state index in [0.29, 0.717) is 11.5 Å². The van der Waals surface area contributed by atoms with Gasteiger partial charge in [-0.15, -0.1) is 0 Å². The average Bonchev–Trinajstić information content (AvgIpc) is 2.29. The van der Waals surface area contributed by atoms with Gasteiger partial charge in [0.25, 0.3) is 0 Å². The molecule has 0 aliphatic carbocycles. The Labute approximate surface area is 115 Å². The molecular weight excluding hydrogens is 220 g/mol. The monoisotopic (exact) mass is 254 g/mol. The fourth-order valence-electron chi connectivity index (χ4n) is 3.35. The number of rotatable bonds is 7. The van der Waals surface area contributed by atoms with Gasteiger partial charge in [0.1, 0.15) is 0 Å². The SMILES string of the molecule is CCCC1(CN(CC(C)C)C(C)C)CCCNC1. The fourth-order valence-corrected chi connectivity index (χ4v) is 3.35. The third-order valence-corrected chi connectivity index (χ3v) is 4.21. The van der Waals surface area contributed by atoms with Crippen molar-refractivity contribution < 1.29 is 0 Å². The first kappa shape index (κ1) is 16.0. The molecule has 1 N–H and O–H groups in total. The van der Waals surface area contributed by atoms with Gasteiger partial charge in [-0.05, 0) is 51.0 Å². The standard InChI is InChI=1S/C16H34N2/c1-6-8-16(9-7-10-17-12-16)13-18(15(4)5)11-14(2)3/h14-15,17H,6-13H2,1-5H3. The maximum atomic E-state index is 3.63. The van der Waals surface area contributed by atoms with E-state index >= 15 is 0 Å². The summed E-state index contributed by atoms with van der Waals surface area (Å²) >= 11 is 0. The molecule has 0 aromatic rings. The summed E-state index contributed by atoms with van der Waals surface area (Å²) in [6, 6.07) is 0.669. The van der Waals surface area contributed by atoms with Crippen LogP contribution in [0, 0.1) is 11.3 Å². The Kier molecular flexibility index (Phi) is 6.65. The molecule has 1 aliphatic rings. The molecule has 1 saturated heterocycles. The van der Waals surface area contributed by atoms with Crippen molar-refractivity contribution in [3.63, 3.8) is 0 Å². The molecule has 1 rings (SSSR count). The van der Waals surface area contributed by atoms with Crippen molar-refractivity contribution in [3.8, 4) is 0 Å². The molecule has 2 heteroatoms. The van der Waals surface area contributed by atoms with E-state index in [-0.39, 0.29) is 0 Å². The number of nitrogens with zero attached hydrogens (tertiary/aromatic N) is 1. The van der Waals surface area contributed by atoms with Gasteiger partial charge >= 0.3 is 0 Å². The zero-order chi connectivity index (χ0) is 13.6. The highest BCUT2D eigenvalue weighted by Gasteiger charge is 2.33. The van der Waals surface area contributed by atoms with E-state index in [4.69, 9.17) is 0 Å². The predicted molar refractivity (Wildman–Crippen MR) is 81.0 cm³/mol. The summed E-state index contributed by atoms with van der Waals surface area (Å²) in [5.41, 5.74) is 0.534. The Bertz CT molecular complexity index is 212. The van der Waals surface area contributed by atoms with Crippen LogP contribution in [0.3, 0.4) is 0 Å². The first-order valence-corrected chi connectivity index (χ1v) is 7.94. The molecule has 0 aromatic carbocycles. The lowest BCUT2D eigenvalue weighted by Crippen LogP contribution is -2.50. The number of hydrogen-bond donors (Lipinski definition) is 1. The smallest absolute Gasteiger partial charge is 0.00530 e. The summed E-state index contributed by atoms with van der Waals surface area (Å²) in [6.07, 6.45) is 5.46. The third kappa shape index (κ3) is 4.89. The van der Waals surface area contributed by atoms with E-state index in [1.165, 1.54) is 51.9 Å². The Hall–Kier alpha value is -0.0800. The molecule has 1 atom stereocenters. The Morgan fingerprint density at radius 3 is 2.39 bits per heavy atom. The van der Waals surface area contributed by atoms with Crippen LogP contribution in [0.25, 0.3) is 0 Å². The minimum absolute atomic E-state index is 0.534. The molecule has 1 unspecified atom stereocenters. The minimum atomic E-state index is 0.534. The van der Waals surface area contributed by atoms with E-state index in [9.17, 15) is 0 Å². The van der Waals surface area contributed by atoms with Crippen molar-refractivity contribution in [1.29, 1.82) is 0 Å².